The Morgan fingerprint density at radius 3 is 3.10 bits per heavy atom. The lowest BCUT2D eigenvalue weighted by molar-refractivity contribution is 0.0933. The summed E-state index contributed by atoms with van der Waals surface area (Å²) in [6.45, 7) is 3.55. The van der Waals surface area contributed by atoms with Gasteiger partial charge in [-0.2, -0.15) is 5.10 Å². The second-order valence-electron chi connectivity index (χ2n) is 4.94. The molecule has 0 spiro atoms. The number of nitrogens with one attached hydrogen (secondary N) is 3. The molecule has 1 atom stereocenters. The minimum Gasteiger partial charge on any atom is -0.344 e. The van der Waals surface area contributed by atoms with Crippen molar-refractivity contribution in [1.82, 2.24) is 25.8 Å². The maximum Gasteiger partial charge on any atom is 0.272 e. The smallest absolute Gasteiger partial charge is 0.272 e. The van der Waals surface area contributed by atoms with Gasteiger partial charge in [-0.25, -0.2) is 0 Å². The molecule has 2 aromatic heterocycles. The summed E-state index contributed by atoms with van der Waals surface area (Å²) in [7, 11) is 0. The van der Waals surface area contributed by atoms with E-state index < -0.39 is 0 Å². The average Bonchev–Trinajstić information content (AvgIpc) is 2.92. The van der Waals surface area contributed by atoms with Crippen LogP contribution in [0.4, 0.5) is 0 Å². The van der Waals surface area contributed by atoms with Crippen molar-refractivity contribution in [3.8, 4) is 0 Å². The van der Waals surface area contributed by atoms with Crippen LogP contribution in [0.2, 0.25) is 0 Å². The molecule has 112 valence electrons. The molecule has 3 rings (SSSR count). The summed E-state index contributed by atoms with van der Waals surface area (Å²) in [6, 6.07) is 3.71. The van der Waals surface area contributed by atoms with Crippen molar-refractivity contribution < 1.29 is 4.79 Å². The average molecular weight is 308 g/mol. The van der Waals surface area contributed by atoms with E-state index in [1.54, 1.807) is 12.4 Å². The van der Waals surface area contributed by atoms with Crippen LogP contribution in [0.25, 0.3) is 0 Å². The van der Waals surface area contributed by atoms with Gasteiger partial charge in [0.15, 0.2) is 5.69 Å². The quantitative estimate of drug-likeness (QED) is 0.799. The third-order valence-corrected chi connectivity index (χ3v) is 3.55. The van der Waals surface area contributed by atoms with Gasteiger partial charge < -0.3 is 10.6 Å². The van der Waals surface area contributed by atoms with Crippen LogP contribution in [0, 0.1) is 0 Å². The molecule has 1 aliphatic rings. The zero-order valence-corrected chi connectivity index (χ0v) is 12.5. The first-order valence-electron chi connectivity index (χ1n) is 6.73. The lowest BCUT2D eigenvalue weighted by Crippen LogP contribution is -2.30. The molecule has 1 amide bonds. The van der Waals surface area contributed by atoms with Crippen LogP contribution in [-0.4, -0.2) is 27.6 Å². The van der Waals surface area contributed by atoms with E-state index in [1.165, 1.54) is 0 Å². The maximum absolute atomic E-state index is 12.3. The number of carbonyl (C=O) groups excluding carboxylic acids is 1. The molecule has 3 heterocycles. The number of rotatable bonds is 3. The third kappa shape index (κ3) is 3.22. The topological polar surface area (TPSA) is 82.7 Å². The van der Waals surface area contributed by atoms with E-state index in [4.69, 9.17) is 0 Å². The standard InChI is InChI=1S/C14H17N5O.ClH/c1-9(10-3-2-5-15-7-10)17-14(20)13-11-8-16-6-4-12(11)18-19-13;/h2-3,5,7,9,16H,4,6,8H2,1H3,(H,17,20)(H,18,19);1H. The molecule has 0 saturated heterocycles. The molecule has 0 aromatic carbocycles. The molecule has 1 unspecified atom stereocenters. The van der Waals surface area contributed by atoms with Crippen molar-refractivity contribution in [2.45, 2.75) is 25.9 Å². The molecule has 6 nitrogen and oxygen atoms in total. The summed E-state index contributed by atoms with van der Waals surface area (Å²) in [6.07, 6.45) is 4.36. The normalized spacial score (nSPS) is 14.7. The number of carbonyl (C=O) groups is 1. The van der Waals surface area contributed by atoms with Gasteiger partial charge in [0.25, 0.3) is 5.91 Å². The fourth-order valence-corrected chi connectivity index (χ4v) is 2.39. The summed E-state index contributed by atoms with van der Waals surface area (Å²) in [5, 5.41) is 13.3. The molecular formula is C14H18ClN5O. The van der Waals surface area contributed by atoms with Gasteiger partial charge in [0.1, 0.15) is 0 Å². The second-order valence-corrected chi connectivity index (χ2v) is 4.94. The van der Waals surface area contributed by atoms with Crippen LogP contribution >= 0.6 is 12.4 Å². The molecule has 2 aromatic rings. The highest BCUT2D eigenvalue weighted by Gasteiger charge is 2.22. The van der Waals surface area contributed by atoms with E-state index in [0.717, 1.165) is 29.8 Å². The number of aromatic nitrogens is 3. The van der Waals surface area contributed by atoms with Gasteiger partial charge in [-0.15, -0.1) is 12.4 Å². The van der Waals surface area contributed by atoms with Gasteiger partial charge in [-0.1, -0.05) is 6.07 Å². The maximum atomic E-state index is 12.3. The van der Waals surface area contributed by atoms with Crippen molar-refractivity contribution in [2.24, 2.45) is 0 Å². The van der Waals surface area contributed by atoms with E-state index >= 15 is 0 Å². The molecule has 21 heavy (non-hydrogen) atoms. The van der Waals surface area contributed by atoms with Crippen molar-refractivity contribution in [3.63, 3.8) is 0 Å². The van der Waals surface area contributed by atoms with Crippen LogP contribution in [-0.2, 0) is 13.0 Å². The Balaban J connectivity index is 0.00000161. The summed E-state index contributed by atoms with van der Waals surface area (Å²) in [4.78, 5) is 16.4. The first-order valence-corrected chi connectivity index (χ1v) is 6.73. The highest BCUT2D eigenvalue weighted by molar-refractivity contribution is 5.94. The lowest BCUT2D eigenvalue weighted by Gasteiger charge is -2.15. The zero-order valence-electron chi connectivity index (χ0n) is 11.7. The van der Waals surface area contributed by atoms with Gasteiger partial charge in [-0.05, 0) is 18.6 Å². The Morgan fingerprint density at radius 1 is 1.48 bits per heavy atom. The van der Waals surface area contributed by atoms with Crippen LogP contribution in [0.15, 0.2) is 24.5 Å². The first-order chi connectivity index (χ1) is 9.75. The highest BCUT2D eigenvalue weighted by Crippen LogP contribution is 2.17. The predicted octanol–water partition coefficient (Wildman–Crippen LogP) is 1.36. The Hall–Kier alpha value is -1.92. The fraction of sp³-hybridized carbons (Fsp3) is 0.357. The second kappa shape index (κ2) is 6.69. The van der Waals surface area contributed by atoms with Gasteiger partial charge in [0.2, 0.25) is 0 Å². The number of nitrogens with zero attached hydrogens (tertiary/aromatic N) is 2. The van der Waals surface area contributed by atoms with Crippen molar-refractivity contribution >= 4 is 18.3 Å². The minimum atomic E-state index is -0.150. The largest absolute Gasteiger partial charge is 0.344 e. The molecular weight excluding hydrogens is 290 g/mol. The number of amides is 1. The molecule has 7 heteroatoms. The van der Waals surface area contributed by atoms with Crippen LogP contribution in [0.3, 0.4) is 0 Å². The number of fused-ring (bicyclic) bond motifs is 1. The van der Waals surface area contributed by atoms with Crippen molar-refractivity contribution in [3.05, 3.63) is 47.0 Å². The summed E-state index contributed by atoms with van der Waals surface area (Å²) in [5.41, 5.74) is 3.50. The SMILES string of the molecule is CC(NC(=O)c1n[nH]c2c1CNCC2)c1cccnc1.Cl. The van der Waals surface area contributed by atoms with E-state index in [2.05, 4.69) is 25.8 Å². The Kier molecular flexibility index (Phi) is 4.93. The van der Waals surface area contributed by atoms with Crippen molar-refractivity contribution in [1.29, 1.82) is 0 Å². The Morgan fingerprint density at radius 2 is 2.33 bits per heavy atom. The number of H-pyrrole nitrogens is 1. The number of aromatic amines is 1. The molecule has 0 saturated carbocycles. The summed E-state index contributed by atoms with van der Waals surface area (Å²) < 4.78 is 0. The monoisotopic (exact) mass is 307 g/mol. The summed E-state index contributed by atoms with van der Waals surface area (Å²) >= 11 is 0. The molecule has 3 N–H and O–H groups in total. The van der Waals surface area contributed by atoms with Gasteiger partial charge in [0, 0.05) is 43.2 Å². The number of hydrogen-bond donors (Lipinski definition) is 3. The number of hydrogen-bond acceptors (Lipinski definition) is 4. The highest BCUT2D eigenvalue weighted by atomic mass is 35.5. The molecule has 0 radical (unpaired) electrons. The van der Waals surface area contributed by atoms with E-state index in [1.807, 2.05) is 19.1 Å². The van der Waals surface area contributed by atoms with Crippen LogP contribution in [0.5, 0.6) is 0 Å². The summed E-state index contributed by atoms with van der Waals surface area (Å²) in [5.74, 6) is -0.150. The molecule has 1 aliphatic heterocycles. The third-order valence-electron chi connectivity index (χ3n) is 3.55. The molecule has 0 bridgehead atoms. The van der Waals surface area contributed by atoms with Crippen LogP contribution in [0.1, 0.15) is 40.3 Å². The lowest BCUT2D eigenvalue weighted by atomic mass is 10.1. The van der Waals surface area contributed by atoms with E-state index in [-0.39, 0.29) is 24.4 Å². The van der Waals surface area contributed by atoms with Gasteiger partial charge >= 0.3 is 0 Å². The minimum absolute atomic E-state index is 0. The molecule has 0 aliphatic carbocycles. The Bertz CT molecular complexity index is 613. The van der Waals surface area contributed by atoms with E-state index in [0.29, 0.717) is 12.2 Å². The number of pyridine rings is 1. The van der Waals surface area contributed by atoms with Crippen LogP contribution < -0.4 is 10.6 Å². The molecule has 0 fully saturated rings. The Labute approximate surface area is 129 Å². The van der Waals surface area contributed by atoms with Gasteiger partial charge in [0.05, 0.1) is 6.04 Å². The first kappa shape index (κ1) is 15.5. The van der Waals surface area contributed by atoms with Gasteiger partial charge in [-0.3, -0.25) is 14.9 Å². The van der Waals surface area contributed by atoms with E-state index in [9.17, 15) is 4.79 Å². The van der Waals surface area contributed by atoms with Crippen molar-refractivity contribution in [2.75, 3.05) is 6.54 Å². The zero-order chi connectivity index (χ0) is 13.9. The fourth-order valence-electron chi connectivity index (χ4n) is 2.39. The number of halogens is 1. The predicted molar refractivity (Wildman–Crippen MR) is 81.4 cm³/mol.